The second-order valence-electron chi connectivity index (χ2n) is 5.60. The van der Waals surface area contributed by atoms with E-state index >= 15 is 0 Å². The van der Waals surface area contributed by atoms with Gasteiger partial charge in [0.15, 0.2) is 0 Å². The number of hydrogen-bond acceptors (Lipinski definition) is 1. The molecule has 1 aromatic carbocycles. The van der Waals surface area contributed by atoms with Gasteiger partial charge in [-0.25, -0.2) is 0 Å². The van der Waals surface area contributed by atoms with E-state index in [0.29, 0.717) is 6.04 Å². The lowest BCUT2D eigenvalue weighted by Gasteiger charge is -2.20. The Labute approximate surface area is 106 Å². The van der Waals surface area contributed by atoms with Crippen molar-refractivity contribution in [1.82, 2.24) is 5.32 Å². The molecule has 1 heteroatoms. The van der Waals surface area contributed by atoms with Gasteiger partial charge in [0.05, 0.1) is 0 Å². The molecule has 1 aromatic rings. The van der Waals surface area contributed by atoms with Crippen molar-refractivity contribution in [2.24, 2.45) is 5.92 Å². The van der Waals surface area contributed by atoms with Gasteiger partial charge in [-0.15, -0.1) is 0 Å². The van der Waals surface area contributed by atoms with Crippen molar-refractivity contribution in [2.45, 2.75) is 58.5 Å². The molecule has 94 valence electrons. The Hall–Kier alpha value is -0.820. The van der Waals surface area contributed by atoms with Crippen molar-refractivity contribution in [3.8, 4) is 0 Å². The van der Waals surface area contributed by atoms with Gasteiger partial charge >= 0.3 is 0 Å². The molecule has 1 N–H and O–H groups in total. The molecule has 0 aromatic heterocycles. The van der Waals surface area contributed by atoms with E-state index in [-0.39, 0.29) is 0 Å². The summed E-state index contributed by atoms with van der Waals surface area (Å²) in [6.07, 6.45) is 5.21. The summed E-state index contributed by atoms with van der Waals surface area (Å²) in [6.45, 7) is 6.85. The monoisotopic (exact) mass is 231 g/mol. The van der Waals surface area contributed by atoms with Gasteiger partial charge in [-0.05, 0) is 49.7 Å². The Bertz CT molecular complexity index is 341. The molecule has 3 atom stereocenters. The van der Waals surface area contributed by atoms with Crippen molar-refractivity contribution in [3.05, 3.63) is 35.4 Å². The summed E-state index contributed by atoms with van der Waals surface area (Å²) in [5.41, 5.74) is 2.84. The molecule has 2 rings (SSSR count). The largest absolute Gasteiger partial charge is 0.307 e. The normalized spacial score (nSPS) is 26.1. The number of hydrogen-bond donors (Lipinski definition) is 1. The molecule has 1 nitrogen and oxygen atoms in total. The van der Waals surface area contributed by atoms with Crippen LogP contribution in [0.25, 0.3) is 0 Å². The molecule has 1 saturated carbocycles. The highest BCUT2D eigenvalue weighted by molar-refractivity contribution is 5.24. The Morgan fingerprint density at radius 1 is 1.24 bits per heavy atom. The van der Waals surface area contributed by atoms with Crippen LogP contribution in [0.1, 0.15) is 57.2 Å². The molecular weight excluding hydrogens is 206 g/mol. The average molecular weight is 231 g/mol. The fraction of sp³-hybridized carbons (Fsp3) is 0.625. The van der Waals surface area contributed by atoms with Gasteiger partial charge in [-0.1, -0.05) is 38.1 Å². The summed E-state index contributed by atoms with van der Waals surface area (Å²) < 4.78 is 0. The molecule has 17 heavy (non-hydrogen) atoms. The van der Waals surface area contributed by atoms with E-state index in [2.05, 4.69) is 50.4 Å². The first-order chi connectivity index (χ1) is 8.19. The van der Waals surface area contributed by atoms with Crippen molar-refractivity contribution < 1.29 is 0 Å². The highest BCUT2D eigenvalue weighted by atomic mass is 14.9. The van der Waals surface area contributed by atoms with Crippen LogP contribution in [0.4, 0.5) is 0 Å². The minimum absolute atomic E-state index is 0.483. The molecule has 0 radical (unpaired) electrons. The van der Waals surface area contributed by atoms with E-state index in [4.69, 9.17) is 0 Å². The van der Waals surface area contributed by atoms with Crippen molar-refractivity contribution >= 4 is 0 Å². The quantitative estimate of drug-likeness (QED) is 0.823. The Kier molecular flexibility index (Phi) is 4.22. The van der Waals surface area contributed by atoms with Crippen LogP contribution in [0.2, 0.25) is 0 Å². The minimum Gasteiger partial charge on any atom is -0.307 e. The van der Waals surface area contributed by atoms with E-state index in [1.54, 1.807) is 0 Å². The zero-order valence-corrected chi connectivity index (χ0v) is 11.4. The van der Waals surface area contributed by atoms with E-state index < -0.39 is 0 Å². The topological polar surface area (TPSA) is 12.0 Å². The maximum atomic E-state index is 3.76. The molecule has 0 amide bonds. The van der Waals surface area contributed by atoms with E-state index in [1.165, 1.54) is 30.4 Å². The van der Waals surface area contributed by atoms with Gasteiger partial charge in [0.2, 0.25) is 0 Å². The maximum absolute atomic E-state index is 3.76. The molecule has 1 fully saturated rings. The second-order valence-corrected chi connectivity index (χ2v) is 5.60. The lowest BCUT2D eigenvalue weighted by atomic mass is 10.0. The zero-order chi connectivity index (χ0) is 12.3. The highest BCUT2D eigenvalue weighted by Crippen LogP contribution is 2.27. The molecule has 3 unspecified atom stereocenters. The molecule has 0 heterocycles. The number of nitrogens with one attached hydrogen (secondary N) is 1. The highest BCUT2D eigenvalue weighted by Gasteiger charge is 2.22. The standard InChI is InChI=1S/C16H25N/c1-4-14-6-8-15(9-7-14)13(3)17-16-10-5-12(2)11-16/h6-9,12-13,16-17H,4-5,10-11H2,1-3H3. The lowest BCUT2D eigenvalue weighted by molar-refractivity contribution is 0.449. The van der Waals surface area contributed by atoms with Crippen molar-refractivity contribution in [3.63, 3.8) is 0 Å². The Morgan fingerprint density at radius 3 is 2.47 bits per heavy atom. The minimum atomic E-state index is 0.483. The molecule has 0 saturated heterocycles. The lowest BCUT2D eigenvalue weighted by Crippen LogP contribution is -2.29. The maximum Gasteiger partial charge on any atom is 0.0294 e. The number of aryl methyl sites for hydroxylation is 1. The van der Waals surface area contributed by atoms with Crippen LogP contribution < -0.4 is 5.32 Å². The van der Waals surface area contributed by atoms with Crippen LogP contribution in [0.3, 0.4) is 0 Å². The summed E-state index contributed by atoms with van der Waals surface area (Å²) in [4.78, 5) is 0. The van der Waals surface area contributed by atoms with Gasteiger partial charge in [0.25, 0.3) is 0 Å². The van der Waals surface area contributed by atoms with Crippen LogP contribution in [-0.4, -0.2) is 6.04 Å². The van der Waals surface area contributed by atoms with Gasteiger partial charge in [-0.3, -0.25) is 0 Å². The number of benzene rings is 1. The number of rotatable bonds is 4. The third-order valence-corrected chi connectivity index (χ3v) is 4.07. The third-order valence-electron chi connectivity index (χ3n) is 4.07. The second kappa shape index (κ2) is 5.68. The fourth-order valence-electron chi connectivity index (χ4n) is 2.85. The van der Waals surface area contributed by atoms with E-state index in [1.807, 2.05) is 0 Å². The van der Waals surface area contributed by atoms with E-state index in [9.17, 15) is 0 Å². The zero-order valence-electron chi connectivity index (χ0n) is 11.4. The summed E-state index contributed by atoms with van der Waals surface area (Å²) >= 11 is 0. The van der Waals surface area contributed by atoms with Crippen LogP contribution in [0.5, 0.6) is 0 Å². The summed E-state index contributed by atoms with van der Waals surface area (Å²) in [5.74, 6) is 0.905. The summed E-state index contributed by atoms with van der Waals surface area (Å²) in [7, 11) is 0. The first-order valence-corrected chi connectivity index (χ1v) is 7.04. The van der Waals surface area contributed by atoms with Crippen LogP contribution >= 0.6 is 0 Å². The van der Waals surface area contributed by atoms with Crippen LogP contribution in [-0.2, 0) is 6.42 Å². The van der Waals surface area contributed by atoms with Gasteiger partial charge in [0, 0.05) is 12.1 Å². The van der Waals surface area contributed by atoms with Gasteiger partial charge in [0.1, 0.15) is 0 Å². The Morgan fingerprint density at radius 2 is 1.94 bits per heavy atom. The van der Waals surface area contributed by atoms with E-state index in [0.717, 1.165) is 18.4 Å². The van der Waals surface area contributed by atoms with Gasteiger partial charge < -0.3 is 5.32 Å². The average Bonchev–Trinajstić information content (AvgIpc) is 2.75. The first kappa shape index (κ1) is 12.6. The smallest absolute Gasteiger partial charge is 0.0294 e. The third kappa shape index (κ3) is 3.32. The molecule has 1 aliphatic rings. The van der Waals surface area contributed by atoms with Crippen LogP contribution in [0, 0.1) is 5.92 Å². The molecule has 1 aliphatic carbocycles. The summed E-state index contributed by atoms with van der Waals surface area (Å²) in [6, 6.07) is 10.3. The fourth-order valence-corrected chi connectivity index (χ4v) is 2.85. The SMILES string of the molecule is CCc1ccc(C(C)NC2CCC(C)C2)cc1. The van der Waals surface area contributed by atoms with Crippen molar-refractivity contribution in [2.75, 3.05) is 0 Å². The van der Waals surface area contributed by atoms with Crippen molar-refractivity contribution in [1.29, 1.82) is 0 Å². The molecule has 0 spiro atoms. The molecule has 0 aliphatic heterocycles. The Balaban J connectivity index is 1.92. The predicted molar refractivity (Wildman–Crippen MR) is 74.2 cm³/mol. The summed E-state index contributed by atoms with van der Waals surface area (Å²) in [5, 5.41) is 3.76. The van der Waals surface area contributed by atoms with Gasteiger partial charge in [-0.2, -0.15) is 0 Å². The van der Waals surface area contributed by atoms with Crippen LogP contribution in [0.15, 0.2) is 24.3 Å². The molecular formula is C16H25N. The predicted octanol–water partition coefficient (Wildman–Crippen LogP) is 4.09. The first-order valence-electron chi connectivity index (χ1n) is 7.04. The molecule has 0 bridgehead atoms.